The zero-order valence-electron chi connectivity index (χ0n) is 12.1. The molecule has 0 bridgehead atoms. The summed E-state index contributed by atoms with van der Waals surface area (Å²) in [4.78, 5) is 31.2. The van der Waals surface area contributed by atoms with Crippen LogP contribution >= 0.6 is 11.3 Å². The van der Waals surface area contributed by atoms with Gasteiger partial charge in [0.1, 0.15) is 5.69 Å². The van der Waals surface area contributed by atoms with Crippen LogP contribution < -0.4 is 5.32 Å². The van der Waals surface area contributed by atoms with Crippen molar-refractivity contribution in [2.45, 2.75) is 19.8 Å². The highest BCUT2D eigenvalue weighted by Gasteiger charge is 2.13. The van der Waals surface area contributed by atoms with Gasteiger partial charge >= 0.3 is 0 Å². The number of anilines is 1. The third-order valence-electron chi connectivity index (χ3n) is 2.89. The van der Waals surface area contributed by atoms with Gasteiger partial charge in [-0.2, -0.15) is 4.98 Å². The van der Waals surface area contributed by atoms with Crippen molar-refractivity contribution in [3.63, 3.8) is 0 Å². The molecule has 0 saturated heterocycles. The van der Waals surface area contributed by atoms with Gasteiger partial charge in [-0.05, 0) is 12.1 Å². The van der Waals surface area contributed by atoms with E-state index >= 15 is 0 Å². The Morgan fingerprint density at radius 2 is 2.22 bits per heavy atom. The molecule has 0 aliphatic carbocycles. The van der Waals surface area contributed by atoms with Gasteiger partial charge in [-0.15, -0.1) is 11.3 Å². The standard InChI is InChI=1S/C14H12N4O4S/c1-8(19)9-7-23-14(15-9)16-11(20)4-5-12-17-13(18-22-12)10-3-2-6-21-10/h2-3,6-7H,4-5H2,1H3,(H,15,16,20). The molecule has 8 nitrogen and oxygen atoms in total. The number of thiazole rings is 1. The Balaban J connectivity index is 1.53. The Morgan fingerprint density at radius 3 is 2.91 bits per heavy atom. The first-order valence-electron chi connectivity index (χ1n) is 6.74. The number of nitrogens with one attached hydrogen (secondary N) is 1. The summed E-state index contributed by atoms with van der Waals surface area (Å²) in [6.07, 6.45) is 1.97. The molecule has 0 unspecified atom stereocenters. The second-order valence-corrected chi connectivity index (χ2v) is 5.49. The van der Waals surface area contributed by atoms with Crippen molar-refractivity contribution < 1.29 is 18.5 Å². The molecule has 0 atom stereocenters. The number of aryl methyl sites for hydroxylation is 1. The van der Waals surface area contributed by atoms with Gasteiger partial charge < -0.3 is 14.3 Å². The van der Waals surface area contributed by atoms with Crippen molar-refractivity contribution in [3.8, 4) is 11.6 Å². The highest BCUT2D eigenvalue weighted by atomic mass is 32.1. The molecular weight excluding hydrogens is 320 g/mol. The smallest absolute Gasteiger partial charge is 0.238 e. The van der Waals surface area contributed by atoms with Crippen LogP contribution in [0.4, 0.5) is 5.13 Å². The van der Waals surface area contributed by atoms with Crippen molar-refractivity contribution in [3.05, 3.63) is 35.4 Å². The topological polar surface area (TPSA) is 111 Å². The average molecular weight is 332 g/mol. The minimum Gasteiger partial charge on any atom is -0.461 e. The van der Waals surface area contributed by atoms with Crippen LogP contribution in [-0.2, 0) is 11.2 Å². The fraction of sp³-hybridized carbons (Fsp3) is 0.214. The second kappa shape index (κ2) is 6.53. The number of hydrogen-bond donors (Lipinski definition) is 1. The molecule has 3 rings (SSSR count). The largest absolute Gasteiger partial charge is 0.461 e. The number of carbonyl (C=O) groups excluding carboxylic acids is 2. The summed E-state index contributed by atoms with van der Waals surface area (Å²) in [6.45, 7) is 1.42. The maximum atomic E-state index is 11.9. The fourth-order valence-corrected chi connectivity index (χ4v) is 2.52. The Labute approximate surface area is 134 Å². The minimum atomic E-state index is -0.243. The molecule has 0 aliphatic rings. The molecule has 0 aliphatic heterocycles. The Kier molecular flexibility index (Phi) is 4.29. The molecule has 9 heteroatoms. The number of amides is 1. The molecule has 1 amide bonds. The van der Waals surface area contributed by atoms with Crippen LogP contribution in [0.15, 0.2) is 32.7 Å². The van der Waals surface area contributed by atoms with E-state index in [1.165, 1.54) is 24.5 Å². The lowest BCUT2D eigenvalue weighted by Crippen LogP contribution is -2.12. The first kappa shape index (κ1) is 15.1. The van der Waals surface area contributed by atoms with E-state index in [0.29, 0.717) is 34.7 Å². The molecule has 0 saturated carbocycles. The van der Waals surface area contributed by atoms with Gasteiger partial charge in [-0.1, -0.05) is 5.16 Å². The average Bonchev–Trinajstić information content (AvgIpc) is 3.25. The van der Waals surface area contributed by atoms with E-state index in [1.807, 2.05) is 0 Å². The molecule has 0 radical (unpaired) electrons. The van der Waals surface area contributed by atoms with E-state index in [2.05, 4.69) is 20.4 Å². The monoisotopic (exact) mass is 332 g/mol. The van der Waals surface area contributed by atoms with Crippen molar-refractivity contribution in [2.75, 3.05) is 5.32 Å². The Hall–Kier alpha value is -2.81. The van der Waals surface area contributed by atoms with E-state index < -0.39 is 0 Å². The van der Waals surface area contributed by atoms with Crippen LogP contribution in [0.2, 0.25) is 0 Å². The van der Waals surface area contributed by atoms with Crippen molar-refractivity contribution >= 4 is 28.2 Å². The Bertz CT molecular complexity index is 822. The maximum Gasteiger partial charge on any atom is 0.238 e. The van der Waals surface area contributed by atoms with Crippen LogP contribution in [0.25, 0.3) is 11.6 Å². The highest BCUT2D eigenvalue weighted by molar-refractivity contribution is 7.14. The van der Waals surface area contributed by atoms with E-state index in [4.69, 9.17) is 8.94 Å². The summed E-state index contributed by atoms with van der Waals surface area (Å²) in [5.74, 6) is 0.806. The van der Waals surface area contributed by atoms with Crippen LogP contribution in [0.3, 0.4) is 0 Å². The fourth-order valence-electron chi connectivity index (χ4n) is 1.76. The number of Topliss-reactive ketones (excluding diaryl/α,β-unsaturated/α-hetero) is 1. The van der Waals surface area contributed by atoms with Crippen molar-refractivity contribution in [2.24, 2.45) is 0 Å². The molecule has 3 aromatic rings. The lowest BCUT2D eigenvalue weighted by atomic mass is 10.3. The zero-order chi connectivity index (χ0) is 16.2. The molecule has 3 aromatic heterocycles. The van der Waals surface area contributed by atoms with Gasteiger partial charge in [0.2, 0.25) is 17.6 Å². The van der Waals surface area contributed by atoms with Gasteiger partial charge in [0.25, 0.3) is 0 Å². The van der Waals surface area contributed by atoms with Crippen molar-refractivity contribution in [1.82, 2.24) is 15.1 Å². The molecule has 0 aromatic carbocycles. The van der Waals surface area contributed by atoms with Gasteiger partial charge in [-0.3, -0.25) is 9.59 Å². The molecule has 0 fully saturated rings. The highest BCUT2D eigenvalue weighted by Crippen LogP contribution is 2.18. The SMILES string of the molecule is CC(=O)c1csc(NC(=O)CCc2nc(-c3ccco3)no2)n1. The predicted octanol–water partition coefficient (Wildman–Crippen LogP) is 2.56. The van der Waals surface area contributed by atoms with E-state index in [-0.39, 0.29) is 18.1 Å². The summed E-state index contributed by atoms with van der Waals surface area (Å²) in [5, 5.41) is 8.41. The predicted molar refractivity (Wildman–Crippen MR) is 81.1 cm³/mol. The van der Waals surface area contributed by atoms with E-state index in [0.717, 1.165) is 0 Å². The number of ketones is 1. The van der Waals surface area contributed by atoms with E-state index in [1.54, 1.807) is 17.5 Å². The zero-order valence-corrected chi connectivity index (χ0v) is 12.9. The Morgan fingerprint density at radius 1 is 1.35 bits per heavy atom. The number of carbonyl (C=O) groups is 2. The summed E-state index contributed by atoms with van der Waals surface area (Å²) in [7, 11) is 0. The summed E-state index contributed by atoms with van der Waals surface area (Å²) in [5.41, 5.74) is 0.338. The third kappa shape index (κ3) is 3.69. The number of nitrogens with zero attached hydrogens (tertiary/aromatic N) is 3. The molecule has 0 spiro atoms. The van der Waals surface area contributed by atoms with Gasteiger partial charge in [0, 0.05) is 25.1 Å². The number of hydrogen-bond acceptors (Lipinski definition) is 8. The molecule has 3 heterocycles. The third-order valence-corrected chi connectivity index (χ3v) is 3.64. The molecule has 118 valence electrons. The van der Waals surface area contributed by atoms with E-state index in [9.17, 15) is 9.59 Å². The summed E-state index contributed by atoms with van der Waals surface area (Å²) < 4.78 is 10.2. The second-order valence-electron chi connectivity index (χ2n) is 4.63. The number of rotatable bonds is 6. The summed E-state index contributed by atoms with van der Waals surface area (Å²) >= 11 is 1.20. The van der Waals surface area contributed by atoms with Crippen LogP contribution in [0, 0.1) is 0 Å². The number of aromatic nitrogens is 3. The molecular formula is C14H12N4O4S. The number of furan rings is 1. The van der Waals surface area contributed by atoms with Gasteiger partial charge in [-0.25, -0.2) is 4.98 Å². The normalized spacial score (nSPS) is 10.7. The lowest BCUT2D eigenvalue weighted by Gasteiger charge is -1.98. The maximum absolute atomic E-state index is 11.9. The minimum absolute atomic E-state index is 0.141. The van der Waals surface area contributed by atoms with Crippen LogP contribution in [0.1, 0.15) is 29.7 Å². The van der Waals surface area contributed by atoms with Gasteiger partial charge in [0.05, 0.1) is 6.26 Å². The first-order valence-corrected chi connectivity index (χ1v) is 7.62. The summed E-state index contributed by atoms with van der Waals surface area (Å²) in [6, 6.07) is 3.44. The first-order chi connectivity index (χ1) is 11.1. The van der Waals surface area contributed by atoms with Gasteiger partial charge in [0.15, 0.2) is 16.7 Å². The van der Waals surface area contributed by atoms with Crippen LogP contribution in [-0.4, -0.2) is 26.8 Å². The van der Waals surface area contributed by atoms with Crippen molar-refractivity contribution in [1.29, 1.82) is 0 Å². The van der Waals surface area contributed by atoms with Crippen LogP contribution in [0.5, 0.6) is 0 Å². The quantitative estimate of drug-likeness (QED) is 0.690. The molecule has 23 heavy (non-hydrogen) atoms. The lowest BCUT2D eigenvalue weighted by molar-refractivity contribution is -0.116. The molecule has 1 N–H and O–H groups in total.